The molecule has 0 aromatic carbocycles. The zero-order valence-corrected chi connectivity index (χ0v) is 28.0. The van der Waals surface area contributed by atoms with Crippen LogP contribution in [-0.2, 0) is 23.9 Å². The SMILES string of the molecule is CC(=O)N[C@H](CSC1=C2C3=CC(=O)C(O)=C2[C@@H]2O[C@H](CC[C@H](C)/C=C(/C)C[C@@H](C)C[C@H](C)[C@]1(O)O3)[C@H](C)[C@H](C)[C@H]2C)C(=O)O. The van der Waals surface area contributed by atoms with Gasteiger partial charge in [-0.3, -0.25) is 9.59 Å². The second kappa shape index (κ2) is 13.4. The maximum atomic E-state index is 13.2. The molecule has 1 aliphatic carbocycles. The molecule has 10 atom stereocenters. The van der Waals surface area contributed by atoms with E-state index in [4.69, 9.17) is 9.47 Å². The van der Waals surface area contributed by atoms with E-state index in [1.54, 1.807) is 0 Å². The number of hydrogen-bond acceptors (Lipinski definition) is 8. The van der Waals surface area contributed by atoms with E-state index >= 15 is 0 Å². The van der Waals surface area contributed by atoms with E-state index in [0.717, 1.165) is 31.0 Å². The van der Waals surface area contributed by atoms with Gasteiger partial charge in [0.15, 0.2) is 5.76 Å². The average molecular weight is 632 g/mol. The standard InChI is InChI=1S/C34H49NO8S/c1-16-9-10-26-21(6)20(5)22(7)31(42-26)29-28-27(14-25(37)30(29)38)43-34(41,19(4)13-18(3)12-17(2)11-16)32(28)44-15-24(33(39)40)35-23(8)36/h11,14,16,18-22,24,26,31,38,41H,9-10,12-13,15H2,1-8H3,(H,35,36)(H,39,40)/b17-11-/t16-,18+,19-,20-,21+,22+,24+,26+,31+,34-/m0/s1. The molecule has 0 aromatic heterocycles. The lowest BCUT2D eigenvalue weighted by Gasteiger charge is -2.45. The molecular weight excluding hydrogens is 582 g/mol. The monoisotopic (exact) mass is 631 g/mol. The smallest absolute Gasteiger partial charge is 0.327 e. The maximum absolute atomic E-state index is 13.2. The van der Waals surface area contributed by atoms with Crippen molar-refractivity contribution in [1.29, 1.82) is 0 Å². The molecule has 1 fully saturated rings. The Morgan fingerprint density at radius 2 is 1.80 bits per heavy atom. The predicted molar refractivity (Wildman–Crippen MR) is 169 cm³/mol. The van der Waals surface area contributed by atoms with Crippen molar-refractivity contribution in [1.82, 2.24) is 5.32 Å². The minimum absolute atomic E-state index is 0.0833. The normalized spacial score (nSPS) is 38.3. The number of fused-ring (bicyclic) bond motifs is 4. The summed E-state index contributed by atoms with van der Waals surface area (Å²) in [5, 5.41) is 36.1. The highest BCUT2D eigenvalue weighted by atomic mass is 32.2. The first-order valence-corrected chi connectivity index (χ1v) is 16.8. The first-order valence-electron chi connectivity index (χ1n) is 15.9. The van der Waals surface area contributed by atoms with Gasteiger partial charge in [0, 0.05) is 35.8 Å². The van der Waals surface area contributed by atoms with Gasteiger partial charge in [0.25, 0.3) is 0 Å². The van der Waals surface area contributed by atoms with Gasteiger partial charge in [0.2, 0.25) is 17.5 Å². The minimum atomic E-state index is -1.90. The van der Waals surface area contributed by atoms with Gasteiger partial charge in [-0.1, -0.05) is 53.2 Å². The molecule has 0 radical (unpaired) electrons. The van der Waals surface area contributed by atoms with Crippen LogP contribution in [-0.4, -0.2) is 62.8 Å². The Hall–Kier alpha value is -2.56. The Morgan fingerprint density at radius 1 is 1.11 bits per heavy atom. The van der Waals surface area contributed by atoms with Gasteiger partial charge in [-0.2, -0.15) is 0 Å². The van der Waals surface area contributed by atoms with Gasteiger partial charge in [-0.25, -0.2) is 4.79 Å². The number of ether oxygens (including phenoxy) is 2. The van der Waals surface area contributed by atoms with Crippen LogP contribution in [0.4, 0.5) is 0 Å². The number of nitrogens with one attached hydrogen (secondary N) is 1. The lowest BCUT2D eigenvalue weighted by Crippen LogP contribution is -2.46. The third kappa shape index (κ3) is 6.82. The fourth-order valence-electron chi connectivity index (χ4n) is 7.37. The molecule has 4 aliphatic rings. The number of aliphatic hydroxyl groups excluding tert-OH is 1. The molecule has 3 aliphatic heterocycles. The van der Waals surface area contributed by atoms with E-state index < -0.39 is 47.3 Å². The molecule has 0 saturated carbocycles. The average Bonchev–Trinajstić information content (AvgIpc) is 3.21. The molecule has 4 N–H and O–H groups in total. The number of ketones is 1. The highest BCUT2D eigenvalue weighted by molar-refractivity contribution is 8.03. The summed E-state index contributed by atoms with van der Waals surface area (Å²) < 4.78 is 13.1. The van der Waals surface area contributed by atoms with Gasteiger partial charge in [-0.15, -0.1) is 11.8 Å². The van der Waals surface area contributed by atoms with Gasteiger partial charge in [0.1, 0.15) is 11.8 Å². The number of aliphatic carboxylic acids is 1. The molecule has 4 bridgehead atoms. The molecule has 0 spiro atoms. The van der Waals surface area contributed by atoms with Crippen molar-refractivity contribution >= 4 is 29.4 Å². The second-order valence-corrected chi connectivity index (χ2v) is 14.8. The molecule has 0 aromatic rings. The summed E-state index contributed by atoms with van der Waals surface area (Å²) in [7, 11) is 0. The van der Waals surface area contributed by atoms with E-state index in [1.807, 2.05) is 6.92 Å². The third-order valence-corrected chi connectivity index (χ3v) is 11.3. The van der Waals surface area contributed by atoms with Crippen molar-refractivity contribution in [3.8, 4) is 0 Å². The van der Waals surface area contributed by atoms with Crippen LogP contribution in [0.3, 0.4) is 0 Å². The number of aliphatic hydroxyl groups is 2. The Bertz CT molecular complexity index is 1300. The third-order valence-electron chi connectivity index (χ3n) is 10.1. The number of hydrogen-bond donors (Lipinski definition) is 4. The van der Waals surface area contributed by atoms with Crippen molar-refractivity contribution in [2.45, 2.75) is 105 Å². The van der Waals surface area contributed by atoms with Crippen molar-refractivity contribution in [2.24, 2.45) is 35.5 Å². The van der Waals surface area contributed by atoms with Gasteiger partial charge in [-0.05, 0) is 62.2 Å². The molecule has 0 unspecified atom stereocenters. The Balaban J connectivity index is 1.90. The molecule has 1 amide bonds. The topological polar surface area (TPSA) is 142 Å². The van der Waals surface area contributed by atoms with E-state index in [2.05, 4.69) is 52.9 Å². The molecule has 9 nitrogen and oxygen atoms in total. The fourth-order valence-corrected chi connectivity index (χ4v) is 8.73. The minimum Gasteiger partial charge on any atom is -0.504 e. The first-order chi connectivity index (χ1) is 20.5. The molecule has 4 rings (SSSR count). The van der Waals surface area contributed by atoms with E-state index in [0.29, 0.717) is 22.8 Å². The summed E-state index contributed by atoms with van der Waals surface area (Å²) in [5.74, 6) is -4.18. The highest BCUT2D eigenvalue weighted by Crippen LogP contribution is 2.55. The van der Waals surface area contributed by atoms with E-state index in [-0.39, 0.29) is 46.9 Å². The first kappa shape index (κ1) is 34.3. The lowest BCUT2D eigenvalue weighted by atomic mass is 9.71. The molecular formula is C34H49NO8S. The van der Waals surface area contributed by atoms with Crippen LogP contribution < -0.4 is 5.32 Å². The number of carboxylic acid groups (broad SMARTS) is 1. The van der Waals surface area contributed by atoms with Gasteiger partial charge in [0.05, 0.1) is 17.1 Å². The number of carboxylic acids is 1. The number of amides is 1. The van der Waals surface area contributed by atoms with Crippen LogP contribution in [0.25, 0.3) is 0 Å². The van der Waals surface area contributed by atoms with Gasteiger partial charge >= 0.3 is 5.97 Å². The van der Waals surface area contributed by atoms with Crippen LogP contribution in [0.2, 0.25) is 0 Å². The summed E-state index contributed by atoms with van der Waals surface area (Å²) >= 11 is 1.07. The Labute approximate surface area is 265 Å². The summed E-state index contributed by atoms with van der Waals surface area (Å²) in [5.41, 5.74) is 1.95. The van der Waals surface area contributed by atoms with Crippen molar-refractivity contribution in [3.05, 3.63) is 45.3 Å². The second-order valence-electron chi connectivity index (χ2n) is 13.7. The van der Waals surface area contributed by atoms with Crippen LogP contribution in [0, 0.1) is 35.5 Å². The molecule has 1 saturated heterocycles. The number of carbonyl (C=O) groups excluding carboxylic acids is 2. The zero-order valence-electron chi connectivity index (χ0n) is 27.2. The number of rotatable bonds is 5. The number of allylic oxidation sites excluding steroid dienone is 4. The molecule has 244 valence electrons. The molecule has 3 heterocycles. The van der Waals surface area contributed by atoms with Crippen molar-refractivity contribution in [3.63, 3.8) is 0 Å². The molecule has 10 heteroatoms. The fraction of sp³-hybridized carbons (Fsp3) is 0.676. The van der Waals surface area contributed by atoms with Crippen molar-refractivity contribution in [2.75, 3.05) is 5.75 Å². The van der Waals surface area contributed by atoms with E-state index in [9.17, 15) is 29.7 Å². The number of carbonyl (C=O) groups is 3. The van der Waals surface area contributed by atoms with Crippen LogP contribution >= 0.6 is 11.8 Å². The summed E-state index contributed by atoms with van der Waals surface area (Å²) in [6, 6.07) is -1.23. The zero-order chi connectivity index (χ0) is 32.7. The summed E-state index contributed by atoms with van der Waals surface area (Å²) in [6.45, 7) is 16.0. The molecule has 44 heavy (non-hydrogen) atoms. The van der Waals surface area contributed by atoms with E-state index in [1.165, 1.54) is 18.6 Å². The summed E-state index contributed by atoms with van der Waals surface area (Å²) in [4.78, 5) is 37.4. The largest absolute Gasteiger partial charge is 0.504 e. The van der Waals surface area contributed by atoms with Crippen LogP contribution in [0.5, 0.6) is 0 Å². The quantitative estimate of drug-likeness (QED) is 0.283. The Kier molecular flexibility index (Phi) is 10.5. The number of thioether (sulfide) groups is 1. The summed E-state index contributed by atoms with van der Waals surface area (Å²) in [6.07, 6.45) is 5.92. The Morgan fingerprint density at radius 3 is 2.43 bits per heavy atom. The van der Waals surface area contributed by atoms with Crippen molar-refractivity contribution < 1.29 is 39.2 Å². The van der Waals surface area contributed by atoms with Gasteiger partial charge < -0.3 is 30.1 Å². The van der Waals surface area contributed by atoms with Crippen LogP contribution in [0.15, 0.2) is 45.3 Å². The predicted octanol–water partition coefficient (Wildman–Crippen LogP) is 5.66. The lowest BCUT2D eigenvalue weighted by molar-refractivity contribution is -0.166. The maximum Gasteiger partial charge on any atom is 0.327 e. The highest BCUT2D eigenvalue weighted by Gasteiger charge is 2.54. The van der Waals surface area contributed by atoms with Crippen LogP contribution in [0.1, 0.15) is 81.1 Å².